The standard InChI is InChI=1S/C17H17NO5S/c1-24(22,23)15-7-3-2-5-12(15)16(19)14-9-8-13-11(17(20)21)6-4-10-18(13)14/h2-3,5,7-9,11H,4,6,10H2,1H3,(H,20,21). The lowest BCUT2D eigenvalue weighted by Gasteiger charge is -2.23. The van der Waals surface area contributed by atoms with Gasteiger partial charge in [-0.15, -0.1) is 0 Å². The second-order valence-electron chi connectivity index (χ2n) is 5.93. The van der Waals surface area contributed by atoms with Gasteiger partial charge in [-0.1, -0.05) is 12.1 Å². The number of carboxylic acids is 1. The maximum absolute atomic E-state index is 12.9. The van der Waals surface area contributed by atoms with Crippen LogP contribution in [0.2, 0.25) is 0 Å². The zero-order chi connectivity index (χ0) is 17.5. The van der Waals surface area contributed by atoms with Crippen LogP contribution in [0.5, 0.6) is 0 Å². The third-order valence-corrected chi connectivity index (χ3v) is 5.46. The molecule has 0 amide bonds. The Morgan fingerprint density at radius 2 is 1.88 bits per heavy atom. The van der Waals surface area contributed by atoms with Gasteiger partial charge in [-0.05, 0) is 37.1 Å². The molecular weight excluding hydrogens is 330 g/mol. The van der Waals surface area contributed by atoms with Crippen LogP contribution in [0.25, 0.3) is 0 Å². The van der Waals surface area contributed by atoms with Gasteiger partial charge in [-0.3, -0.25) is 9.59 Å². The van der Waals surface area contributed by atoms with Gasteiger partial charge >= 0.3 is 5.97 Å². The van der Waals surface area contributed by atoms with Crippen LogP contribution < -0.4 is 0 Å². The summed E-state index contributed by atoms with van der Waals surface area (Å²) >= 11 is 0. The largest absolute Gasteiger partial charge is 0.481 e. The maximum Gasteiger partial charge on any atom is 0.312 e. The van der Waals surface area contributed by atoms with Gasteiger partial charge in [-0.25, -0.2) is 8.42 Å². The predicted molar refractivity (Wildman–Crippen MR) is 87.0 cm³/mol. The molecule has 1 aliphatic heterocycles. The third-order valence-electron chi connectivity index (χ3n) is 4.31. The number of sulfone groups is 1. The maximum atomic E-state index is 12.9. The third kappa shape index (κ3) is 2.75. The lowest BCUT2D eigenvalue weighted by Crippen LogP contribution is -2.24. The van der Waals surface area contributed by atoms with Gasteiger partial charge < -0.3 is 9.67 Å². The fourth-order valence-electron chi connectivity index (χ4n) is 3.20. The number of carboxylic acid groups (broad SMARTS) is 1. The quantitative estimate of drug-likeness (QED) is 0.855. The van der Waals surface area contributed by atoms with Crippen molar-refractivity contribution < 1.29 is 23.1 Å². The highest BCUT2D eigenvalue weighted by Crippen LogP contribution is 2.31. The minimum absolute atomic E-state index is 0.0175. The van der Waals surface area contributed by atoms with Crippen LogP contribution in [0, 0.1) is 0 Å². The van der Waals surface area contributed by atoms with E-state index in [2.05, 4.69) is 0 Å². The van der Waals surface area contributed by atoms with E-state index in [1.807, 2.05) is 0 Å². The molecule has 0 bridgehead atoms. The molecule has 2 aromatic rings. The highest BCUT2D eigenvalue weighted by atomic mass is 32.2. The molecule has 1 atom stereocenters. The van der Waals surface area contributed by atoms with E-state index in [0.29, 0.717) is 30.8 Å². The summed E-state index contributed by atoms with van der Waals surface area (Å²) in [5.74, 6) is -1.96. The van der Waals surface area contributed by atoms with Gasteiger partial charge in [0.25, 0.3) is 0 Å². The average molecular weight is 347 g/mol. The summed E-state index contributed by atoms with van der Waals surface area (Å²) in [7, 11) is -3.54. The van der Waals surface area contributed by atoms with E-state index in [-0.39, 0.29) is 10.5 Å². The SMILES string of the molecule is CS(=O)(=O)c1ccccc1C(=O)c1ccc2n1CCCC2C(=O)O. The molecule has 3 rings (SSSR count). The fraction of sp³-hybridized carbons (Fsp3) is 0.294. The Morgan fingerprint density at radius 1 is 1.17 bits per heavy atom. The molecule has 7 heteroatoms. The first-order chi connectivity index (χ1) is 11.3. The van der Waals surface area contributed by atoms with E-state index < -0.39 is 27.5 Å². The van der Waals surface area contributed by atoms with Crippen molar-refractivity contribution in [3.63, 3.8) is 0 Å². The molecule has 0 saturated carbocycles. The Bertz CT molecular complexity index is 926. The molecular formula is C17H17NO5S. The van der Waals surface area contributed by atoms with Crippen LogP contribution in [0.4, 0.5) is 0 Å². The number of benzene rings is 1. The van der Waals surface area contributed by atoms with Crippen LogP contribution in [0.3, 0.4) is 0 Å². The molecule has 126 valence electrons. The molecule has 2 heterocycles. The molecule has 1 aliphatic rings. The first-order valence-electron chi connectivity index (χ1n) is 7.56. The molecule has 0 spiro atoms. The minimum Gasteiger partial charge on any atom is -0.481 e. The monoisotopic (exact) mass is 347 g/mol. The Labute approximate surface area is 139 Å². The number of rotatable bonds is 4. The topological polar surface area (TPSA) is 93.4 Å². The van der Waals surface area contributed by atoms with Crippen molar-refractivity contribution >= 4 is 21.6 Å². The zero-order valence-electron chi connectivity index (χ0n) is 13.1. The van der Waals surface area contributed by atoms with Crippen molar-refractivity contribution in [3.8, 4) is 0 Å². The number of hydrogen-bond donors (Lipinski definition) is 1. The van der Waals surface area contributed by atoms with Crippen molar-refractivity contribution in [1.82, 2.24) is 4.57 Å². The first-order valence-corrected chi connectivity index (χ1v) is 9.46. The molecule has 0 aliphatic carbocycles. The predicted octanol–water partition coefficient (Wildman–Crippen LogP) is 2.08. The fourth-order valence-corrected chi connectivity index (χ4v) is 4.09. The summed E-state index contributed by atoms with van der Waals surface area (Å²) in [4.78, 5) is 24.2. The highest BCUT2D eigenvalue weighted by Gasteiger charge is 2.30. The van der Waals surface area contributed by atoms with Gasteiger partial charge in [0, 0.05) is 24.1 Å². The van der Waals surface area contributed by atoms with Crippen LogP contribution in [0.15, 0.2) is 41.3 Å². The number of ketones is 1. The van der Waals surface area contributed by atoms with E-state index in [0.717, 1.165) is 6.26 Å². The Balaban J connectivity index is 2.10. The summed E-state index contributed by atoms with van der Waals surface area (Å²) in [6.07, 6.45) is 2.26. The summed E-state index contributed by atoms with van der Waals surface area (Å²) in [6.45, 7) is 0.550. The first kappa shape index (κ1) is 16.4. The number of aliphatic carboxylic acids is 1. The van der Waals surface area contributed by atoms with Crippen molar-refractivity contribution in [2.24, 2.45) is 0 Å². The second kappa shape index (κ2) is 5.90. The molecule has 1 aromatic heterocycles. The van der Waals surface area contributed by atoms with Gasteiger partial charge in [0.1, 0.15) is 0 Å². The molecule has 1 N–H and O–H groups in total. The Hall–Kier alpha value is -2.41. The smallest absolute Gasteiger partial charge is 0.312 e. The summed E-state index contributed by atoms with van der Waals surface area (Å²) in [5.41, 5.74) is 1.03. The van der Waals surface area contributed by atoms with Gasteiger partial charge in [0.2, 0.25) is 5.78 Å². The Kier molecular flexibility index (Phi) is 4.04. The number of carbonyl (C=O) groups is 2. The molecule has 0 saturated heterocycles. The van der Waals surface area contributed by atoms with E-state index in [1.165, 1.54) is 12.1 Å². The molecule has 1 aromatic carbocycles. The minimum atomic E-state index is -3.54. The van der Waals surface area contributed by atoms with Crippen LogP contribution in [0.1, 0.15) is 40.5 Å². The van der Waals surface area contributed by atoms with E-state index in [4.69, 9.17) is 0 Å². The van der Waals surface area contributed by atoms with Crippen LogP contribution >= 0.6 is 0 Å². The lowest BCUT2D eigenvalue weighted by atomic mass is 9.96. The van der Waals surface area contributed by atoms with E-state index in [1.54, 1.807) is 28.8 Å². The molecule has 0 fully saturated rings. The van der Waals surface area contributed by atoms with Crippen LogP contribution in [-0.4, -0.2) is 36.1 Å². The normalized spacial score (nSPS) is 17.3. The number of nitrogens with zero attached hydrogens (tertiary/aromatic N) is 1. The zero-order valence-corrected chi connectivity index (χ0v) is 13.9. The Morgan fingerprint density at radius 3 is 2.54 bits per heavy atom. The van der Waals surface area contributed by atoms with Crippen LogP contribution in [-0.2, 0) is 21.2 Å². The van der Waals surface area contributed by atoms with Crippen molar-refractivity contribution in [2.45, 2.75) is 30.2 Å². The van der Waals surface area contributed by atoms with Gasteiger partial charge in [0.05, 0.1) is 16.5 Å². The van der Waals surface area contributed by atoms with Gasteiger partial charge in [0.15, 0.2) is 9.84 Å². The number of fused-ring (bicyclic) bond motifs is 1. The average Bonchev–Trinajstić information content (AvgIpc) is 2.97. The van der Waals surface area contributed by atoms with Gasteiger partial charge in [-0.2, -0.15) is 0 Å². The molecule has 0 radical (unpaired) electrons. The summed E-state index contributed by atoms with van der Waals surface area (Å²) in [5, 5.41) is 9.32. The molecule has 6 nitrogen and oxygen atoms in total. The summed E-state index contributed by atoms with van der Waals surface area (Å²) in [6, 6.07) is 9.30. The second-order valence-corrected chi connectivity index (χ2v) is 7.91. The molecule has 24 heavy (non-hydrogen) atoms. The molecule has 1 unspecified atom stereocenters. The number of carbonyl (C=O) groups excluding carboxylic acids is 1. The van der Waals surface area contributed by atoms with E-state index >= 15 is 0 Å². The highest BCUT2D eigenvalue weighted by molar-refractivity contribution is 7.90. The van der Waals surface area contributed by atoms with Crippen molar-refractivity contribution in [3.05, 3.63) is 53.3 Å². The summed E-state index contributed by atoms with van der Waals surface area (Å²) < 4.78 is 25.5. The van der Waals surface area contributed by atoms with E-state index in [9.17, 15) is 23.1 Å². The van der Waals surface area contributed by atoms with Crippen molar-refractivity contribution in [2.75, 3.05) is 6.26 Å². The lowest BCUT2D eigenvalue weighted by molar-refractivity contribution is -0.139. The number of hydrogen-bond acceptors (Lipinski definition) is 4. The van der Waals surface area contributed by atoms with Crippen molar-refractivity contribution in [1.29, 1.82) is 0 Å². The number of aromatic nitrogens is 1.